The highest BCUT2D eigenvalue weighted by Gasteiger charge is 2.19. The van der Waals surface area contributed by atoms with Gasteiger partial charge in [0.05, 0.1) is 16.7 Å². The molecule has 0 spiro atoms. The first-order valence-corrected chi connectivity index (χ1v) is 11.3. The molecule has 6 nitrogen and oxygen atoms in total. The molecule has 1 N–H and O–H groups in total. The van der Waals surface area contributed by atoms with E-state index in [0.717, 1.165) is 17.3 Å². The maximum absolute atomic E-state index is 13.1. The van der Waals surface area contributed by atoms with Gasteiger partial charge >= 0.3 is 0 Å². The Balaban J connectivity index is 1.66. The van der Waals surface area contributed by atoms with Gasteiger partial charge in [0.15, 0.2) is 10.3 Å². The summed E-state index contributed by atoms with van der Waals surface area (Å²) in [5.41, 5.74) is 1.81. The lowest BCUT2D eigenvalue weighted by atomic mass is 10.0. The predicted molar refractivity (Wildman–Crippen MR) is 116 cm³/mol. The van der Waals surface area contributed by atoms with E-state index in [1.54, 1.807) is 6.07 Å². The van der Waals surface area contributed by atoms with Crippen molar-refractivity contribution in [1.82, 2.24) is 4.98 Å². The molecule has 9 heteroatoms. The molecule has 0 aliphatic carbocycles. The fourth-order valence-corrected chi connectivity index (χ4v) is 4.67. The standard InChI is InChI=1S/C22H14FN3O3S2/c23-21-14-25-22(30-21)26-31(27,28)17-10-11-19(16(12-17)13-24)29-20-9-5-4-8-18(20)15-6-2-1-3-7-15/h1-12,14H,(H,25,26). The summed E-state index contributed by atoms with van der Waals surface area (Å²) in [4.78, 5) is 3.48. The van der Waals surface area contributed by atoms with Crippen LogP contribution in [0.3, 0.4) is 0 Å². The zero-order valence-corrected chi connectivity index (χ0v) is 17.5. The van der Waals surface area contributed by atoms with Crippen molar-refractivity contribution in [3.63, 3.8) is 0 Å². The lowest BCUT2D eigenvalue weighted by Crippen LogP contribution is -2.13. The predicted octanol–water partition coefficient (Wildman–Crippen LogP) is 5.41. The number of nitriles is 1. The van der Waals surface area contributed by atoms with Gasteiger partial charge in [0.1, 0.15) is 17.6 Å². The van der Waals surface area contributed by atoms with Gasteiger partial charge in [0.2, 0.25) is 0 Å². The first-order chi connectivity index (χ1) is 15.0. The van der Waals surface area contributed by atoms with Crippen LogP contribution in [0.25, 0.3) is 11.1 Å². The number of nitrogens with one attached hydrogen (secondary N) is 1. The lowest BCUT2D eigenvalue weighted by molar-refractivity contribution is 0.482. The fourth-order valence-electron chi connectivity index (χ4n) is 2.86. The monoisotopic (exact) mass is 451 g/mol. The van der Waals surface area contributed by atoms with Crippen LogP contribution in [0.2, 0.25) is 0 Å². The number of thiazole rings is 1. The van der Waals surface area contributed by atoms with Crippen LogP contribution in [-0.4, -0.2) is 13.4 Å². The van der Waals surface area contributed by atoms with E-state index in [0.29, 0.717) is 17.1 Å². The average molecular weight is 452 g/mol. The summed E-state index contributed by atoms with van der Waals surface area (Å²) in [6, 6.07) is 22.9. The Kier molecular flexibility index (Phi) is 5.66. The number of benzene rings is 3. The summed E-state index contributed by atoms with van der Waals surface area (Å²) in [6.07, 6.45) is 0.921. The topological polar surface area (TPSA) is 92.1 Å². The van der Waals surface area contributed by atoms with Crippen molar-refractivity contribution in [3.05, 3.63) is 89.7 Å². The first-order valence-electron chi connectivity index (χ1n) is 8.97. The summed E-state index contributed by atoms with van der Waals surface area (Å²) in [6.45, 7) is 0. The number of nitrogens with zero attached hydrogens (tertiary/aromatic N) is 2. The molecule has 0 aliphatic heterocycles. The van der Waals surface area contributed by atoms with Gasteiger partial charge in [0.25, 0.3) is 10.0 Å². The molecular formula is C22H14FN3O3S2. The number of anilines is 1. The number of halogens is 1. The second-order valence-electron chi connectivity index (χ2n) is 6.31. The van der Waals surface area contributed by atoms with Gasteiger partial charge in [-0.25, -0.2) is 13.4 Å². The van der Waals surface area contributed by atoms with Crippen LogP contribution in [0, 0.1) is 16.5 Å². The Morgan fingerprint density at radius 1 is 1.00 bits per heavy atom. The molecule has 31 heavy (non-hydrogen) atoms. The number of hydrogen-bond donors (Lipinski definition) is 1. The van der Waals surface area contributed by atoms with Crippen molar-refractivity contribution in [3.8, 4) is 28.7 Å². The molecule has 154 valence electrons. The molecule has 0 aliphatic rings. The molecule has 0 unspecified atom stereocenters. The third-order valence-corrected chi connectivity index (χ3v) is 6.44. The van der Waals surface area contributed by atoms with Crippen molar-refractivity contribution in [2.75, 3.05) is 4.72 Å². The third kappa shape index (κ3) is 4.55. The van der Waals surface area contributed by atoms with Gasteiger partial charge < -0.3 is 4.74 Å². The Labute approximate surface area is 182 Å². The quantitative estimate of drug-likeness (QED) is 0.423. The second kappa shape index (κ2) is 8.55. The Hall–Kier alpha value is -3.74. The summed E-state index contributed by atoms with van der Waals surface area (Å²) in [5.74, 6) is 0.738. The molecule has 4 rings (SSSR count). The first kappa shape index (κ1) is 20.5. The maximum atomic E-state index is 13.1. The molecule has 3 aromatic carbocycles. The number of para-hydroxylation sites is 1. The number of aromatic nitrogens is 1. The molecule has 0 radical (unpaired) electrons. The van der Waals surface area contributed by atoms with Crippen molar-refractivity contribution >= 4 is 26.5 Å². The van der Waals surface area contributed by atoms with E-state index in [2.05, 4.69) is 9.71 Å². The molecule has 0 saturated heterocycles. The van der Waals surface area contributed by atoms with Crippen LogP contribution in [0.5, 0.6) is 11.5 Å². The van der Waals surface area contributed by atoms with E-state index in [-0.39, 0.29) is 21.3 Å². The SMILES string of the molecule is N#Cc1cc(S(=O)(=O)Nc2ncc(F)s2)ccc1Oc1ccccc1-c1ccccc1. The highest BCUT2D eigenvalue weighted by molar-refractivity contribution is 7.93. The van der Waals surface area contributed by atoms with Gasteiger partial charge in [0, 0.05) is 5.56 Å². The second-order valence-corrected chi connectivity index (χ2v) is 8.97. The molecule has 0 saturated carbocycles. The molecule has 0 bridgehead atoms. The van der Waals surface area contributed by atoms with E-state index in [1.807, 2.05) is 54.6 Å². The molecule has 0 atom stereocenters. The van der Waals surface area contributed by atoms with Gasteiger partial charge in [-0.2, -0.15) is 9.65 Å². The van der Waals surface area contributed by atoms with Crippen molar-refractivity contribution in [1.29, 1.82) is 5.26 Å². The van der Waals surface area contributed by atoms with Gasteiger partial charge in [-0.05, 0) is 29.8 Å². The number of sulfonamides is 1. The largest absolute Gasteiger partial charge is 0.455 e. The molecule has 4 aromatic rings. The van der Waals surface area contributed by atoms with E-state index >= 15 is 0 Å². The lowest BCUT2D eigenvalue weighted by Gasteiger charge is -2.13. The van der Waals surface area contributed by atoms with Crippen molar-refractivity contribution < 1.29 is 17.5 Å². The minimum atomic E-state index is -4.05. The number of ether oxygens (including phenoxy) is 1. The molecule has 0 amide bonds. The van der Waals surface area contributed by atoms with Gasteiger partial charge in [-0.15, -0.1) is 0 Å². The van der Waals surface area contributed by atoms with Crippen molar-refractivity contribution in [2.45, 2.75) is 4.90 Å². The molecule has 1 heterocycles. The van der Waals surface area contributed by atoms with E-state index < -0.39 is 15.2 Å². The van der Waals surface area contributed by atoms with Gasteiger partial charge in [-0.3, -0.25) is 4.72 Å². The van der Waals surface area contributed by atoms with Crippen LogP contribution < -0.4 is 9.46 Å². The van der Waals surface area contributed by atoms with Crippen LogP contribution in [0.1, 0.15) is 5.56 Å². The Morgan fingerprint density at radius 3 is 2.45 bits per heavy atom. The summed E-state index contributed by atoms with van der Waals surface area (Å²) < 4.78 is 46.4. The summed E-state index contributed by atoms with van der Waals surface area (Å²) in [5, 5.41) is 8.84. The summed E-state index contributed by atoms with van der Waals surface area (Å²) in [7, 11) is -4.05. The van der Waals surface area contributed by atoms with Crippen LogP contribution in [-0.2, 0) is 10.0 Å². The minimum absolute atomic E-state index is 0.0380. The van der Waals surface area contributed by atoms with Crippen LogP contribution in [0.15, 0.2) is 83.9 Å². The highest BCUT2D eigenvalue weighted by atomic mass is 32.2. The highest BCUT2D eigenvalue weighted by Crippen LogP contribution is 2.35. The van der Waals surface area contributed by atoms with E-state index in [1.165, 1.54) is 18.2 Å². The van der Waals surface area contributed by atoms with Gasteiger partial charge in [-0.1, -0.05) is 59.9 Å². The average Bonchev–Trinajstić information content (AvgIpc) is 3.18. The smallest absolute Gasteiger partial charge is 0.263 e. The van der Waals surface area contributed by atoms with E-state index in [4.69, 9.17) is 4.74 Å². The number of rotatable bonds is 6. The molecule has 0 fully saturated rings. The number of hydrogen-bond acceptors (Lipinski definition) is 6. The zero-order chi connectivity index (χ0) is 21.8. The maximum Gasteiger partial charge on any atom is 0.263 e. The Bertz CT molecular complexity index is 1380. The fraction of sp³-hybridized carbons (Fsp3) is 0. The zero-order valence-electron chi connectivity index (χ0n) is 15.8. The van der Waals surface area contributed by atoms with Crippen LogP contribution >= 0.6 is 11.3 Å². The van der Waals surface area contributed by atoms with E-state index in [9.17, 15) is 18.1 Å². The van der Waals surface area contributed by atoms with Crippen molar-refractivity contribution in [2.24, 2.45) is 0 Å². The van der Waals surface area contributed by atoms with Crippen LogP contribution in [0.4, 0.5) is 9.52 Å². The molecular weight excluding hydrogens is 437 g/mol. The Morgan fingerprint density at radius 2 is 1.74 bits per heavy atom. The third-order valence-electron chi connectivity index (χ3n) is 4.27. The molecule has 1 aromatic heterocycles. The minimum Gasteiger partial charge on any atom is -0.455 e. The summed E-state index contributed by atoms with van der Waals surface area (Å²) >= 11 is 0.566. The normalized spacial score (nSPS) is 11.0.